The van der Waals surface area contributed by atoms with Crippen LogP contribution in [0.4, 0.5) is 9.93 Å². The van der Waals surface area contributed by atoms with Crippen LogP contribution in [0.2, 0.25) is 0 Å². The normalized spacial score (nSPS) is 22.2. The molecule has 2 rings (SSSR count). The lowest BCUT2D eigenvalue weighted by Gasteiger charge is -2.26. The van der Waals surface area contributed by atoms with E-state index in [4.69, 9.17) is 5.11 Å². The lowest BCUT2D eigenvalue weighted by atomic mass is 9.86. The number of aryl methyl sites for hydroxylation is 1. The molecule has 0 radical (unpaired) electrons. The van der Waals surface area contributed by atoms with Gasteiger partial charge in [0.1, 0.15) is 5.01 Å². The molecule has 0 aromatic carbocycles. The van der Waals surface area contributed by atoms with Gasteiger partial charge >= 0.3 is 12.0 Å². The lowest BCUT2D eigenvalue weighted by Crippen LogP contribution is -2.40. The Bertz CT molecular complexity index is 483. The Kier molecular flexibility index (Phi) is 4.89. The van der Waals surface area contributed by atoms with Crippen molar-refractivity contribution in [2.24, 2.45) is 5.92 Å². The van der Waals surface area contributed by atoms with Gasteiger partial charge < -0.3 is 10.4 Å². The lowest BCUT2D eigenvalue weighted by molar-refractivity contribution is -0.142. The molecular formula is C12H18N4O3S. The molecule has 2 amide bonds. The Morgan fingerprint density at radius 1 is 1.30 bits per heavy atom. The number of nitrogens with one attached hydrogen (secondary N) is 2. The first-order valence-electron chi connectivity index (χ1n) is 6.71. The van der Waals surface area contributed by atoms with Crippen molar-refractivity contribution in [2.45, 2.75) is 45.1 Å². The molecule has 1 fully saturated rings. The van der Waals surface area contributed by atoms with Gasteiger partial charge in [0.15, 0.2) is 0 Å². The second kappa shape index (κ2) is 6.65. The highest BCUT2D eigenvalue weighted by molar-refractivity contribution is 7.15. The molecule has 1 saturated carbocycles. The topological polar surface area (TPSA) is 104 Å². The van der Waals surface area contributed by atoms with E-state index in [0.717, 1.165) is 11.4 Å². The molecule has 20 heavy (non-hydrogen) atoms. The first kappa shape index (κ1) is 14.7. The molecule has 1 heterocycles. The van der Waals surface area contributed by atoms with Gasteiger partial charge in [0.2, 0.25) is 5.13 Å². The van der Waals surface area contributed by atoms with Crippen molar-refractivity contribution in [1.82, 2.24) is 15.5 Å². The van der Waals surface area contributed by atoms with Gasteiger partial charge in [0, 0.05) is 6.04 Å². The standard InChI is InChI=1S/C12H18N4O3S/c1-2-9-15-16-12(20-9)14-11(19)13-8-5-3-7(4-6-8)10(17)18/h7-8H,2-6H2,1H3,(H,17,18)(H2,13,14,16,19). The molecule has 0 atom stereocenters. The number of rotatable bonds is 4. The second-order valence-corrected chi connectivity index (χ2v) is 5.90. The van der Waals surface area contributed by atoms with Crippen LogP contribution >= 0.6 is 11.3 Å². The van der Waals surface area contributed by atoms with Crippen molar-refractivity contribution < 1.29 is 14.7 Å². The summed E-state index contributed by atoms with van der Waals surface area (Å²) in [5.41, 5.74) is 0. The van der Waals surface area contributed by atoms with Crippen LogP contribution in [0, 0.1) is 5.92 Å². The first-order valence-corrected chi connectivity index (χ1v) is 7.52. The molecule has 1 aromatic rings. The SMILES string of the molecule is CCc1nnc(NC(=O)NC2CCC(C(=O)O)CC2)s1. The van der Waals surface area contributed by atoms with Crippen molar-refractivity contribution in [2.75, 3.05) is 5.32 Å². The van der Waals surface area contributed by atoms with E-state index in [1.807, 2.05) is 6.92 Å². The molecule has 1 aromatic heterocycles. The summed E-state index contributed by atoms with van der Waals surface area (Å²) in [6.45, 7) is 1.98. The number of carbonyl (C=O) groups excluding carboxylic acids is 1. The molecule has 0 aliphatic heterocycles. The third kappa shape index (κ3) is 3.89. The minimum atomic E-state index is -0.742. The van der Waals surface area contributed by atoms with Crippen LogP contribution < -0.4 is 10.6 Å². The van der Waals surface area contributed by atoms with Crippen LogP contribution in [0.3, 0.4) is 0 Å². The van der Waals surface area contributed by atoms with Crippen LogP contribution in [0.5, 0.6) is 0 Å². The van der Waals surface area contributed by atoms with E-state index in [1.165, 1.54) is 11.3 Å². The van der Waals surface area contributed by atoms with Crippen LogP contribution in [0.15, 0.2) is 0 Å². The third-order valence-corrected chi connectivity index (χ3v) is 4.38. The highest BCUT2D eigenvalue weighted by atomic mass is 32.1. The van der Waals surface area contributed by atoms with Crippen molar-refractivity contribution in [3.63, 3.8) is 0 Å². The number of carboxylic acid groups (broad SMARTS) is 1. The van der Waals surface area contributed by atoms with Gasteiger partial charge in [-0.05, 0) is 32.1 Å². The van der Waals surface area contributed by atoms with E-state index < -0.39 is 5.97 Å². The van der Waals surface area contributed by atoms with E-state index in [1.54, 1.807) is 0 Å². The zero-order valence-corrected chi connectivity index (χ0v) is 12.1. The quantitative estimate of drug-likeness (QED) is 0.787. The minimum absolute atomic E-state index is 0.0316. The van der Waals surface area contributed by atoms with Crippen LogP contribution in [-0.2, 0) is 11.2 Å². The summed E-state index contributed by atoms with van der Waals surface area (Å²) in [5.74, 6) is -1.01. The summed E-state index contributed by atoms with van der Waals surface area (Å²) in [4.78, 5) is 22.6. The zero-order valence-electron chi connectivity index (χ0n) is 11.3. The van der Waals surface area contributed by atoms with Crippen LogP contribution in [0.25, 0.3) is 0 Å². The molecule has 0 bridgehead atoms. The van der Waals surface area contributed by atoms with E-state index in [0.29, 0.717) is 30.8 Å². The Labute approximate surface area is 120 Å². The van der Waals surface area contributed by atoms with Crippen molar-refractivity contribution in [3.8, 4) is 0 Å². The van der Waals surface area contributed by atoms with Gasteiger partial charge in [-0.3, -0.25) is 10.1 Å². The number of amides is 2. The smallest absolute Gasteiger partial charge is 0.321 e. The van der Waals surface area contributed by atoms with Gasteiger partial charge in [-0.25, -0.2) is 4.79 Å². The number of urea groups is 1. The maximum atomic E-state index is 11.8. The van der Waals surface area contributed by atoms with Crippen molar-refractivity contribution in [3.05, 3.63) is 5.01 Å². The van der Waals surface area contributed by atoms with E-state index >= 15 is 0 Å². The summed E-state index contributed by atoms with van der Waals surface area (Å²) < 4.78 is 0. The highest BCUT2D eigenvalue weighted by Gasteiger charge is 2.26. The van der Waals surface area contributed by atoms with Crippen LogP contribution in [-0.4, -0.2) is 33.3 Å². The molecule has 3 N–H and O–H groups in total. The number of aromatic nitrogens is 2. The Balaban J connectivity index is 1.76. The second-order valence-electron chi connectivity index (χ2n) is 4.84. The number of anilines is 1. The molecule has 0 spiro atoms. The third-order valence-electron chi connectivity index (χ3n) is 3.40. The minimum Gasteiger partial charge on any atom is -0.481 e. The number of carbonyl (C=O) groups is 2. The molecule has 8 heteroatoms. The van der Waals surface area contributed by atoms with Gasteiger partial charge in [-0.2, -0.15) is 0 Å². The monoisotopic (exact) mass is 298 g/mol. The van der Waals surface area contributed by atoms with E-state index in [9.17, 15) is 9.59 Å². The van der Waals surface area contributed by atoms with Gasteiger partial charge in [0.05, 0.1) is 5.92 Å². The van der Waals surface area contributed by atoms with Crippen LogP contribution in [0.1, 0.15) is 37.6 Å². The maximum absolute atomic E-state index is 11.8. The zero-order chi connectivity index (χ0) is 14.5. The van der Waals surface area contributed by atoms with Gasteiger partial charge in [-0.15, -0.1) is 10.2 Å². The molecule has 7 nitrogen and oxygen atoms in total. The largest absolute Gasteiger partial charge is 0.481 e. The fourth-order valence-electron chi connectivity index (χ4n) is 2.25. The molecule has 1 aliphatic rings. The molecule has 1 aliphatic carbocycles. The number of carboxylic acids is 1. The number of hydrogen-bond donors (Lipinski definition) is 3. The summed E-state index contributed by atoms with van der Waals surface area (Å²) in [5, 5.41) is 23.6. The van der Waals surface area contributed by atoms with Crippen molar-refractivity contribution in [1.29, 1.82) is 0 Å². The summed E-state index contributed by atoms with van der Waals surface area (Å²) in [7, 11) is 0. The number of nitrogens with zero attached hydrogens (tertiary/aromatic N) is 2. The summed E-state index contributed by atoms with van der Waals surface area (Å²) >= 11 is 1.36. The summed E-state index contributed by atoms with van der Waals surface area (Å²) in [6, 6.07) is -0.272. The maximum Gasteiger partial charge on any atom is 0.321 e. The fourth-order valence-corrected chi connectivity index (χ4v) is 2.92. The molecule has 0 saturated heterocycles. The van der Waals surface area contributed by atoms with E-state index in [-0.39, 0.29) is 18.0 Å². The number of hydrogen-bond acceptors (Lipinski definition) is 5. The van der Waals surface area contributed by atoms with Gasteiger partial charge in [-0.1, -0.05) is 18.3 Å². The highest BCUT2D eigenvalue weighted by Crippen LogP contribution is 2.24. The van der Waals surface area contributed by atoms with Crippen molar-refractivity contribution >= 4 is 28.5 Å². The first-order chi connectivity index (χ1) is 9.58. The molecular weight excluding hydrogens is 280 g/mol. The summed E-state index contributed by atoms with van der Waals surface area (Å²) in [6.07, 6.45) is 3.40. The Morgan fingerprint density at radius 3 is 2.55 bits per heavy atom. The average Bonchev–Trinajstić information content (AvgIpc) is 2.86. The Hall–Kier alpha value is -1.70. The van der Waals surface area contributed by atoms with Gasteiger partial charge in [0.25, 0.3) is 0 Å². The fraction of sp³-hybridized carbons (Fsp3) is 0.667. The molecule has 110 valence electrons. The van der Waals surface area contributed by atoms with E-state index in [2.05, 4.69) is 20.8 Å². The Morgan fingerprint density at radius 2 is 2.00 bits per heavy atom. The molecule has 0 unspecified atom stereocenters. The number of aliphatic carboxylic acids is 1. The average molecular weight is 298 g/mol. The predicted molar refractivity (Wildman–Crippen MR) is 74.8 cm³/mol. The predicted octanol–water partition coefficient (Wildman–Crippen LogP) is 1.87.